The molecule has 0 fully saturated rings. The Morgan fingerprint density at radius 3 is 2.23 bits per heavy atom. The van der Waals surface area contributed by atoms with Crippen molar-refractivity contribution in [3.05, 3.63) is 107 Å². The van der Waals surface area contributed by atoms with E-state index in [-0.39, 0.29) is 6.73 Å². The fraction of sp³-hybridized carbons (Fsp3) is 0.160. The maximum absolute atomic E-state index is 12.2. The van der Waals surface area contributed by atoms with Gasteiger partial charge in [0.2, 0.25) is 0 Å². The largest absolute Gasteiger partial charge is 0.373 e. The quantitative estimate of drug-likeness (QED) is 0.361. The Bertz CT molecular complexity index is 1140. The molecule has 0 aliphatic heterocycles. The summed E-state index contributed by atoms with van der Waals surface area (Å²) >= 11 is 7.72. The molecule has 1 aromatic heterocycles. The van der Waals surface area contributed by atoms with Crippen molar-refractivity contribution in [3.8, 4) is 11.3 Å². The summed E-state index contributed by atoms with van der Waals surface area (Å²) in [5.74, 6) is 0.488. The van der Waals surface area contributed by atoms with Gasteiger partial charge in [-0.1, -0.05) is 66.2 Å². The van der Waals surface area contributed by atoms with E-state index in [4.69, 9.17) is 21.3 Å². The molecule has 158 valence electrons. The van der Waals surface area contributed by atoms with Crippen molar-refractivity contribution in [2.24, 2.45) is 0 Å². The minimum atomic E-state index is -1.46. The van der Waals surface area contributed by atoms with Gasteiger partial charge in [-0.15, -0.1) is 11.8 Å². The highest BCUT2D eigenvalue weighted by atomic mass is 35.5. The Balaban J connectivity index is 1.92. The molecule has 1 N–H and O–H groups in total. The minimum absolute atomic E-state index is 0.258. The van der Waals surface area contributed by atoms with Gasteiger partial charge >= 0.3 is 0 Å². The lowest BCUT2D eigenvalue weighted by molar-refractivity contribution is 0.0845. The van der Waals surface area contributed by atoms with Gasteiger partial charge in [-0.05, 0) is 41.6 Å². The van der Waals surface area contributed by atoms with Gasteiger partial charge < -0.3 is 14.4 Å². The highest BCUT2D eigenvalue weighted by Gasteiger charge is 2.38. The number of thioether (sulfide) groups is 1. The summed E-state index contributed by atoms with van der Waals surface area (Å²) in [4.78, 5) is 6.01. The number of ether oxygens (including phenoxy) is 1. The van der Waals surface area contributed by atoms with Crippen molar-refractivity contribution < 1.29 is 9.84 Å². The third-order valence-electron chi connectivity index (χ3n) is 5.21. The number of nitrogens with zero attached hydrogens (tertiary/aromatic N) is 2. The highest BCUT2D eigenvalue weighted by molar-refractivity contribution is 7.98. The molecule has 4 rings (SSSR count). The lowest BCUT2D eigenvalue weighted by Gasteiger charge is -2.29. The first kappa shape index (κ1) is 21.7. The van der Waals surface area contributed by atoms with Gasteiger partial charge in [0.25, 0.3) is 0 Å². The van der Waals surface area contributed by atoms with Crippen LogP contribution in [0.15, 0.2) is 90.0 Å². The third kappa shape index (κ3) is 4.27. The number of hydrogen-bond acceptors (Lipinski definition) is 4. The average Bonchev–Trinajstić information content (AvgIpc) is 3.24. The molecule has 0 amide bonds. The van der Waals surface area contributed by atoms with Crippen molar-refractivity contribution in [2.75, 3.05) is 13.4 Å². The first-order valence-electron chi connectivity index (χ1n) is 9.81. The van der Waals surface area contributed by atoms with Crippen LogP contribution in [0, 0.1) is 0 Å². The van der Waals surface area contributed by atoms with E-state index in [2.05, 4.69) is 0 Å². The van der Waals surface area contributed by atoms with Gasteiger partial charge in [-0.3, -0.25) is 0 Å². The Labute approximate surface area is 191 Å². The van der Waals surface area contributed by atoms with Crippen molar-refractivity contribution >= 4 is 23.4 Å². The molecule has 0 saturated carbocycles. The Morgan fingerprint density at radius 1 is 0.968 bits per heavy atom. The summed E-state index contributed by atoms with van der Waals surface area (Å²) < 4.78 is 7.27. The normalized spacial score (nSPS) is 13.2. The summed E-state index contributed by atoms with van der Waals surface area (Å²) in [7, 11) is 1.63. The molecule has 0 aliphatic carbocycles. The van der Waals surface area contributed by atoms with Crippen molar-refractivity contribution in [1.29, 1.82) is 0 Å². The van der Waals surface area contributed by atoms with Crippen LogP contribution in [-0.2, 0) is 17.1 Å². The number of methoxy groups -OCH3 is 1. The predicted octanol–water partition coefficient (Wildman–Crippen LogP) is 5.81. The molecule has 4 nitrogen and oxygen atoms in total. The van der Waals surface area contributed by atoms with E-state index in [1.54, 1.807) is 18.9 Å². The van der Waals surface area contributed by atoms with Crippen LogP contribution in [0.5, 0.6) is 0 Å². The number of hydrogen-bond donors (Lipinski definition) is 1. The van der Waals surface area contributed by atoms with E-state index in [1.165, 1.54) is 0 Å². The summed E-state index contributed by atoms with van der Waals surface area (Å²) in [5.41, 5.74) is 1.66. The first-order valence-corrected chi connectivity index (χ1v) is 11.4. The van der Waals surface area contributed by atoms with E-state index in [1.807, 2.05) is 95.9 Å². The lowest BCUT2D eigenvalue weighted by atomic mass is 9.85. The fourth-order valence-corrected chi connectivity index (χ4v) is 4.17. The molecule has 0 unspecified atom stereocenters. The van der Waals surface area contributed by atoms with Crippen LogP contribution >= 0.6 is 23.4 Å². The molecule has 6 heteroatoms. The van der Waals surface area contributed by atoms with Gasteiger partial charge in [0, 0.05) is 28.8 Å². The first-order chi connectivity index (χ1) is 15.1. The van der Waals surface area contributed by atoms with Crippen LogP contribution in [0.4, 0.5) is 0 Å². The van der Waals surface area contributed by atoms with Crippen LogP contribution in [0.3, 0.4) is 0 Å². The second-order valence-corrected chi connectivity index (χ2v) is 8.47. The van der Waals surface area contributed by atoms with Gasteiger partial charge in [0.05, 0.1) is 5.69 Å². The van der Waals surface area contributed by atoms with Crippen molar-refractivity contribution in [3.63, 3.8) is 0 Å². The number of imidazole rings is 1. The molecule has 0 aliphatic rings. The predicted molar refractivity (Wildman–Crippen MR) is 126 cm³/mol. The molecule has 3 aromatic carbocycles. The zero-order valence-corrected chi connectivity index (χ0v) is 18.9. The van der Waals surface area contributed by atoms with Crippen LogP contribution in [-0.4, -0.2) is 28.0 Å². The minimum Gasteiger partial charge on any atom is -0.373 e. The van der Waals surface area contributed by atoms with Crippen LogP contribution < -0.4 is 0 Å². The summed E-state index contributed by atoms with van der Waals surface area (Å²) in [6.07, 6.45) is 3.92. The van der Waals surface area contributed by atoms with Gasteiger partial charge in [0.1, 0.15) is 6.73 Å². The summed E-state index contributed by atoms with van der Waals surface area (Å²) in [6.45, 7) is 0.258. The Morgan fingerprint density at radius 2 is 1.61 bits per heavy atom. The molecule has 4 aromatic rings. The summed E-state index contributed by atoms with van der Waals surface area (Å²) in [6, 6.07) is 25.0. The van der Waals surface area contributed by atoms with Crippen molar-refractivity contribution in [1.82, 2.24) is 9.55 Å². The van der Waals surface area contributed by atoms with Gasteiger partial charge in [0.15, 0.2) is 11.4 Å². The van der Waals surface area contributed by atoms with E-state index >= 15 is 0 Å². The summed E-state index contributed by atoms with van der Waals surface area (Å²) in [5, 5.41) is 12.9. The number of aromatic nitrogens is 2. The maximum atomic E-state index is 12.2. The van der Waals surface area contributed by atoms with E-state index in [0.717, 1.165) is 27.3 Å². The molecule has 0 bridgehead atoms. The van der Waals surface area contributed by atoms with E-state index in [0.29, 0.717) is 10.8 Å². The average molecular weight is 451 g/mol. The van der Waals surface area contributed by atoms with E-state index < -0.39 is 5.60 Å². The topological polar surface area (TPSA) is 47.3 Å². The zero-order valence-electron chi connectivity index (χ0n) is 17.3. The molecule has 0 spiro atoms. The molecular weight excluding hydrogens is 428 g/mol. The van der Waals surface area contributed by atoms with Crippen LogP contribution in [0.2, 0.25) is 5.02 Å². The maximum Gasteiger partial charge on any atom is 0.173 e. The van der Waals surface area contributed by atoms with Crippen LogP contribution in [0.25, 0.3) is 11.3 Å². The van der Waals surface area contributed by atoms with E-state index in [9.17, 15) is 5.11 Å². The Kier molecular flexibility index (Phi) is 6.49. The van der Waals surface area contributed by atoms with Crippen LogP contribution in [0.1, 0.15) is 17.0 Å². The number of aliphatic hydroxyl groups is 1. The third-order valence-corrected chi connectivity index (χ3v) is 6.20. The second kappa shape index (κ2) is 9.28. The Hall–Kier alpha value is -2.57. The number of benzene rings is 3. The molecule has 1 heterocycles. The van der Waals surface area contributed by atoms with Gasteiger partial charge in [-0.2, -0.15) is 0 Å². The van der Waals surface area contributed by atoms with Gasteiger partial charge in [-0.25, -0.2) is 4.98 Å². The SMILES string of the molecule is COCn1cc(-c2ccc(Cl)cc2)nc1[C@](O)(c1ccccc1)c1ccc(SC)cc1. The molecular formula is C25H23ClN2O2S. The fourth-order valence-electron chi connectivity index (χ4n) is 3.64. The molecule has 0 radical (unpaired) electrons. The lowest BCUT2D eigenvalue weighted by Crippen LogP contribution is -2.33. The second-order valence-electron chi connectivity index (χ2n) is 7.15. The monoisotopic (exact) mass is 450 g/mol. The van der Waals surface area contributed by atoms with Crippen molar-refractivity contribution in [2.45, 2.75) is 17.2 Å². The zero-order chi connectivity index (χ0) is 21.8. The smallest absolute Gasteiger partial charge is 0.173 e. The molecule has 31 heavy (non-hydrogen) atoms. The molecule has 0 saturated heterocycles. The molecule has 1 atom stereocenters. The standard InChI is InChI=1S/C25H23ClN2O2S/c1-30-17-28-16-23(18-8-12-21(26)13-9-18)27-24(28)25(29,19-6-4-3-5-7-19)20-10-14-22(31-2)15-11-20/h3-16,29H,17H2,1-2H3/t25-/m0/s1. The highest BCUT2D eigenvalue weighted by Crippen LogP contribution is 2.38. The number of halogens is 1. The number of rotatable bonds is 7.